The molecule has 34 heavy (non-hydrogen) atoms. The van der Waals surface area contributed by atoms with Gasteiger partial charge in [0.1, 0.15) is 5.82 Å². The van der Waals surface area contributed by atoms with E-state index in [1.54, 1.807) is 18.2 Å². The van der Waals surface area contributed by atoms with Gasteiger partial charge in [0.2, 0.25) is 15.9 Å². The number of carbonyl (C=O) groups is 1. The van der Waals surface area contributed by atoms with E-state index in [0.29, 0.717) is 57.1 Å². The number of hydrogen-bond acceptors (Lipinski definition) is 6. The minimum Gasteiger partial charge on any atom is -0.493 e. The smallest absolute Gasteiger partial charge is 0.243 e. The average Bonchev–Trinajstić information content (AvgIpc) is 2.88. The lowest BCUT2D eigenvalue weighted by Crippen LogP contribution is -2.53. The summed E-state index contributed by atoms with van der Waals surface area (Å²) in [5.74, 6) is 0.134. The van der Waals surface area contributed by atoms with Crippen LogP contribution in [0.2, 0.25) is 0 Å². The quantitative estimate of drug-likeness (QED) is 0.618. The zero-order valence-electron chi connectivity index (χ0n) is 19.4. The third-order valence-corrected chi connectivity index (χ3v) is 8.37. The molecule has 2 aliphatic heterocycles. The van der Waals surface area contributed by atoms with E-state index < -0.39 is 10.0 Å². The lowest BCUT2D eigenvalue weighted by atomic mass is 9.97. The van der Waals surface area contributed by atoms with Crippen molar-refractivity contribution in [3.8, 4) is 11.5 Å². The Labute approximate surface area is 199 Å². The molecule has 0 radical (unpaired) electrons. The van der Waals surface area contributed by atoms with Crippen LogP contribution in [0.3, 0.4) is 0 Å². The molecule has 2 fully saturated rings. The Morgan fingerprint density at radius 1 is 0.941 bits per heavy atom. The van der Waals surface area contributed by atoms with Crippen molar-refractivity contribution in [3.05, 3.63) is 48.3 Å². The fraction of sp³-hybridized carbons (Fsp3) is 0.458. The molecule has 10 heteroatoms. The van der Waals surface area contributed by atoms with Crippen LogP contribution >= 0.6 is 0 Å². The van der Waals surface area contributed by atoms with E-state index in [1.807, 2.05) is 4.90 Å². The number of nitrogens with zero attached hydrogens (tertiary/aromatic N) is 3. The van der Waals surface area contributed by atoms with Gasteiger partial charge in [-0.3, -0.25) is 4.79 Å². The molecule has 2 aromatic rings. The van der Waals surface area contributed by atoms with Crippen LogP contribution in [0.15, 0.2) is 47.4 Å². The van der Waals surface area contributed by atoms with E-state index in [-0.39, 0.29) is 29.1 Å². The van der Waals surface area contributed by atoms with Crippen LogP contribution in [0, 0.1) is 11.7 Å². The molecule has 0 aliphatic carbocycles. The monoisotopic (exact) mass is 491 g/mol. The first-order chi connectivity index (χ1) is 16.3. The number of piperidine rings is 1. The topological polar surface area (TPSA) is 79.4 Å². The molecule has 0 spiro atoms. The number of piperazine rings is 1. The van der Waals surface area contributed by atoms with E-state index in [9.17, 15) is 17.6 Å². The number of halogens is 1. The number of methoxy groups -OCH3 is 2. The van der Waals surface area contributed by atoms with E-state index in [2.05, 4.69) is 4.90 Å². The highest BCUT2D eigenvalue weighted by Gasteiger charge is 2.36. The number of ether oxygens (including phenoxy) is 2. The Morgan fingerprint density at radius 3 is 2.26 bits per heavy atom. The van der Waals surface area contributed by atoms with Gasteiger partial charge in [-0.2, -0.15) is 4.31 Å². The zero-order chi connectivity index (χ0) is 24.3. The van der Waals surface area contributed by atoms with Crippen molar-refractivity contribution in [2.75, 3.05) is 58.4 Å². The standard InChI is InChI=1S/C24H30FN3O5S/c1-32-22-10-9-21(16-23(22)33-2)34(30,31)28-11-3-4-18(17-28)24(29)27-14-12-26(13-15-27)20-7-5-19(25)6-8-20/h5-10,16,18H,3-4,11-15,17H2,1-2H3/t18-/m0/s1. The molecule has 0 saturated carbocycles. The maximum Gasteiger partial charge on any atom is 0.243 e. The molecule has 1 amide bonds. The van der Waals surface area contributed by atoms with Crippen molar-refractivity contribution < 1.29 is 27.1 Å². The molecule has 1 atom stereocenters. The Balaban J connectivity index is 1.40. The highest BCUT2D eigenvalue weighted by Crippen LogP contribution is 2.32. The van der Waals surface area contributed by atoms with Crippen molar-refractivity contribution in [3.63, 3.8) is 0 Å². The highest BCUT2D eigenvalue weighted by atomic mass is 32.2. The summed E-state index contributed by atoms with van der Waals surface area (Å²) in [5.41, 5.74) is 0.929. The molecular formula is C24H30FN3O5S. The van der Waals surface area contributed by atoms with E-state index >= 15 is 0 Å². The molecule has 8 nitrogen and oxygen atoms in total. The van der Waals surface area contributed by atoms with Gasteiger partial charge in [0.05, 0.1) is 25.0 Å². The average molecular weight is 492 g/mol. The van der Waals surface area contributed by atoms with Crippen molar-refractivity contribution in [2.24, 2.45) is 5.92 Å². The Bertz CT molecular complexity index is 1120. The summed E-state index contributed by atoms with van der Waals surface area (Å²) < 4.78 is 51.6. The fourth-order valence-corrected chi connectivity index (χ4v) is 6.12. The summed E-state index contributed by atoms with van der Waals surface area (Å²) in [7, 11) is -0.827. The zero-order valence-corrected chi connectivity index (χ0v) is 20.3. The van der Waals surface area contributed by atoms with Crippen molar-refractivity contribution in [1.82, 2.24) is 9.21 Å². The molecule has 0 unspecified atom stereocenters. The Kier molecular flexibility index (Phi) is 7.27. The Morgan fingerprint density at radius 2 is 1.62 bits per heavy atom. The third kappa shape index (κ3) is 4.97. The lowest BCUT2D eigenvalue weighted by molar-refractivity contribution is -0.137. The van der Waals surface area contributed by atoms with Crippen LogP contribution in [0.25, 0.3) is 0 Å². The molecule has 2 aliphatic rings. The molecule has 184 valence electrons. The molecular weight excluding hydrogens is 461 g/mol. The van der Waals surface area contributed by atoms with Crippen molar-refractivity contribution in [1.29, 1.82) is 0 Å². The van der Waals surface area contributed by atoms with Crippen LogP contribution in [-0.2, 0) is 14.8 Å². The van der Waals surface area contributed by atoms with Crippen LogP contribution in [0.4, 0.5) is 10.1 Å². The first kappa shape index (κ1) is 24.3. The summed E-state index contributed by atoms with van der Waals surface area (Å²) in [5, 5.41) is 0. The number of benzene rings is 2. The van der Waals surface area contributed by atoms with Crippen LogP contribution in [0.1, 0.15) is 12.8 Å². The second-order valence-corrected chi connectivity index (χ2v) is 10.4. The SMILES string of the molecule is COc1ccc(S(=O)(=O)N2CCC[C@H](C(=O)N3CCN(c4ccc(F)cc4)CC3)C2)cc1OC. The maximum absolute atomic E-state index is 13.3. The second kappa shape index (κ2) is 10.2. The molecule has 2 saturated heterocycles. The minimum absolute atomic E-state index is 0.00836. The van der Waals surface area contributed by atoms with E-state index in [4.69, 9.17) is 9.47 Å². The van der Waals surface area contributed by atoms with Gasteiger partial charge in [-0.15, -0.1) is 0 Å². The third-order valence-electron chi connectivity index (χ3n) is 6.51. The van der Waals surface area contributed by atoms with Crippen molar-refractivity contribution in [2.45, 2.75) is 17.7 Å². The molecule has 0 aromatic heterocycles. The highest BCUT2D eigenvalue weighted by molar-refractivity contribution is 7.89. The van der Waals surface area contributed by atoms with Gasteiger partial charge in [0.15, 0.2) is 11.5 Å². The summed E-state index contributed by atoms with van der Waals surface area (Å²) in [6.07, 6.45) is 1.29. The van der Waals surface area contributed by atoms with Crippen molar-refractivity contribution >= 4 is 21.6 Å². The summed E-state index contributed by atoms with van der Waals surface area (Å²) in [6.45, 7) is 2.94. The number of anilines is 1. The normalized spacial score (nSPS) is 19.7. The molecule has 0 bridgehead atoms. The predicted molar refractivity (Wildman–Crippen MR) is 126 cm³/mol. The Hall–Kier alpha value is -2.85. The number of hydrogen-bond donors (Lipinski definition) is 0. The van der Waals surface area contributed by atoms with Gasteiger partial charge in [-0.05, 0) is 49.2 Å². The van der Waals surface area contributed by atoms with E-state index in [0.717, 1.165) is 5.69 Å². The fourth-order valence-electron chi connectivity index (χ4n) is 4.58. The van der Waals surface area contributed by atoms with Crippen LogP contribution in [0.5, 0.6) is 11.5 Å². The number of rotatable bonds is 6. The maximum atomic E-state index is 13.3. The molecule has 4 rings (SSSR count). The molecule has 0 N–H and O–H groups in total. The second-order valence-electron chi connectivity index (χ2n) is 8.51. The van der Waals surface area contributed by atoms with Gasteiger partial charge in [-0.25, -0.2) is 12.8 Å². The van der Waals surface area contributed by atoms with Crippen LogP contribution < -0.4 is 14.4 Å². The summed E-state index contributed by atoms with van der Waals surface area (Å²) in [4.78, 5) is 17.3. The number of carbonyl (C=O) groups excluding carboxylic acids is 1. The van der Waals surface area contributed by atoms with Gasteiger partial charge < -0.3 is 19.3 Å². The number of sulfonamides is 1. The van der Waals surface area contributed by atoms with Gasteiger partial charge in [-0.1, -0.05) is 0 Å². The first-order valence-corrected chi connectivity index (χ1v) is 12.8. The van der Waals surface area contributed by atoms with E-state index in [1.165, 1.54) is 42.8 Å². The van der Waals surface area contributed by atoms with Crippen LogP contribution in [-0.4, -0.2) is 77.0 Å². The predicted octanol–water partition coefficient (Wildman–Crippen LogP) is 2.59. The molecule has 2 heterocycles. The van der Waals surface area contributed by atoms with Gasteiger partial charge in [0.25, 0.3) is 0 Å². The molecule has 2 aromatic carbocycles. The summed E-state index contributed by atoms with van der Waals surface area (Å²) in [6, 6.07) is 10.9. The minimum atomic E-state index is -3.78. The van der Waals surface area contributed by atoms with Gasteiger partial charge in [0, 0.05) is 51.0 Å². The number of amides is 1. The lowest BCUT2D eigenvalue weighted by Gasteiger charge is -2.39. The largest absolute Gasteiger partial charge is 0.493 e. The first-order valence-electron chi connectivity index (χ1n) is 11.3. The van der Waals surface area contributed by atoms with Gasteiger partial charge >= 0.3 is 0 Å². The summed E-state index contributed by atoms with van der Waals surface area (Å²) >= 11 is 0.